The molecule has 0 radical (unpaired) electrons. The highest BCUT2D eigenvalue weighted by atomic mass is 15.3. The first-order valence-electron chi connectivity index (χ1n) is 7.73. The second-order valence-electron chi connectivity index (χ2n) is 5.14. The lowest BCUT2D eigenvalue weighted by Crippen LogP contribution is -2.25. The molecule has 112 valence electrons. The number of nitrogens with zero attached hydrogens (tertiary/aromatic N) is 4. The molecule has 1 heterocycles. The van der Waals surface area contributed by atoms with Crippen LogP contribution in [0.25, 0.3) is 0 Å². The Morgan fingerprint density at radius 1 is 1.05 bits per heavy atom. The first-order chi connectivity index (χ1) is 9.71. The molecule has 0 amide bonds. The Hall–Kier alpha value is -1.59. The molecule has 20 heavy (non-hydrogen) atoms. The minimum absolute atomic E-state index is 0.529. The number of anilines is 3. The summed E-state index contributed by atoms with van der Waals surface area (Å²) in [6, 6.07) is 0.529. The van der Waals surface area contributed by atoms with Crippen molar-refractivity contribution in [1.82, 2.24) is 15.0 Å². The van der Waals surface area contributed by atoms with Gasteiger partial charge in [-0.3, -0.25) is 0 Å². The molecular weight excluding hydrogens is 252 g/mol. The van der Waals surface area contributed by atoms with Gasteiger partial charge in [-0.2, -0.15) is 15.0 Å². The summed E-state index contributed by atoms with van der Waals surface area (Å²) in [6.45, 7) is 11.1. The van der Waals surface area contributed by atoms with Crippen LogP contribution in [0.2, 0.25) is 0 Å². The Labute approximate surface area is 121 Å². The van der Waals surface area contributed by atoms with Crippen LogP contribution in [0.4, 0.5) is 17.8 Å². The van der Waals surface area contributed by atoms with Crippen molar-refractivity contribution in [3.05, 3.63) is 0 Å². The fourth-order valence-electron chi connectivity index (χ4n) is 2.36. The highest BCUT2D eigenvalue weighted by molar-refractivity contribution is 5.44. The van der Waals surface area contributed by atoms with Crippen LogP contribution in [0.15, 0.2) is 0 Å². The van der Waals surface area contributed by atoms with Crippen LogP contribution in [0.3, 0.4) is 0 Å². The summed E-state index contributed by atoms with van der Waals surface area (Å²) in [5, 5.41) is 6.61. The molecule has 2 rings (SSSR count). The van der Waals surface area contributed by atoms with E-state index in [0.717, 1.165) is 31.5 Å². The lowest BCUT2D eigenvalue weighted by atomic mass is 10.3. The van der Waals surface area contributed by atoms with Crippen molar-refractivity contribution in [2.75, 3.05) is 35.2 Å². The summed E-state index contributed by atoms with van der Waals surface area (Å²) in [4.78, 5) is 15.6. The molecule has 0 aliphatic heterocycles. The van der Waals surface area contributed by atoms with Crippen molar-refractivity contribution in [3.8, 4) is 0 Å². The van der Waals surface area contributed by atoms with Crippen LogP contribution < -0.4 is 15.5 Å². The van der Waals surface area contributed by atoms with Crippen molar-refractivity contribution in [2.24, 2.45) is 5.92 Å². The molecule has 2 N–H and O–H groups in total. The van der Waals surface area contributed by atoms with Crippen LogP contribution in [0.1, 0.15) is 40.5 Å². The summed E-state index contributed by atoms with van der Waals surface area (Å²) in [6.07, 6.45) is 2.44. The van der Waals surface area contributed by atoms with Crippen LogP contribution in [-0.4, -0.2) is 40.6 Å². The van der Waals surface area contributed by atoms with Gasteiger partial charge in [-0.05, 0) is 33.1 Å². The van der Waals surface area contributed by atoms with Gasteiger partial charge in [0.2, 0.25) is 17.8 Å². The monoisotopic (exact) mass is 278 g/mol. The van der Waals surface area contributed by atoms with Crippen LogP contribution >= 0.6 is 0 Å². The lowest BCUT2D eigenvalue weighted by Gasteiger charge is -2.19. The number of rotatable bonds is 8. The average Bonchev–Trinajstić information content (AvgIpc) is 3.18. The second-order valence-corrected chi connectivity index (χ2v) is 5.14. The minimum Gasteiger partial charge on any atom is -0.354 e. The van der Waals surface area contributed by atoms with Crippen LogP contribution in [0.5, 0.6) is 0 Å². The Balaban J connectivity index is 2.17. The molecule has 0 saturated heterocycles. The predicted octanol–water partition coefficient (Wildman–Crippen LogP) is 2.36. The summed E-state index contributed by atoms with van der Waals surface area (Å²) < 4.78 is 0. The molecule has 0 bridgehead atoms. The van der Waals surface area contributed by atoms with Gasteiger partial charge in [0.1, 0.15) is 0 Å². The zero-order valence-electron chi connectivity index (χ0n) is 13.0. The minimum atomic E-state index is 0.529. The quantitative estimate of drug-likeness (QED) is 0.761. The molecule has 1 aromatic heterocycles. The largest absolute Gasteiger partial charge is 0.354 e. The standard InChI is InChI=1S/C14H26N6/c1-5-10-9-11(10)16-13-17-12(15-6-2)18-14(19-13)20(7-3)8-4/h10-11H,5-9H2,1-4H3,(H2,15,16,17,18,19). The van der Waals surface area contributed by atoms with Crippen molar-refractivity contribution in [2.45, 2.75) is 46.6 Å². The number of nitrogens with one attached hydrogen (secondary N) is 2. The maximum Gasteiger partial charge on any atom is 0.231 e. The maximum absolute atomic E-state index is 4.56. The molecule has 1 aliphatic carbocycles. The van der Waals surface area contributed by atoms with Gasteiger partial charge in [0.05, 0.1) is 0 Å². The lowest BCUT2D eigenvalue weighted by molar-refractivity contribution is 0.767. The normalized spacial score (nSPS) is 20.6. The number of hydrogen-bond donors (Lipinski definition) is 2. The third kappa shape index (κ3) is 3.49. The third-order valence-electron chi connectivity index (χ3n) is 3.77. The van der Waals surface area contributed by atoms with E-state index in [1.807, 2.05) is 6.92 Å². The molecule has 1 aliphatic rings. The SMILES string of the molecule is CCNc1nc(NC2CC2CC)nc(N(CC)CC)n1. The zero-order chi connectivity index (χ0) is 14.5. The molecule has 6 heteroatoms. The Morgan fingerprint density at radius 2 is 1.75 bits per heavy atom. The molecule has 0 spiro atoms. The third-order valence-corrected chi connectivity index (χ3v) is 3.77. The zero-order valence-corrected chi connectivity index (χ0v) is 13.0. The molecule has 1 aromatic rings. The van der Waals surface area contributed by atoms with Crippen molar-refractivity contribution < 1.29 is 0 Å². The van der Waals surface area contributed by atoms with Gasteiger partial charge in [0, 0.05) is 25.7 Å². The van der Waals surface area contributed by atoms with Gasteiger partial charge in [0.25, 0.3) is 0 Å². The van der Waals surface area contributed by atoms with E-state index >= 15 is 0 Å². The van der Waals surface area contributed by atoms with Gasteiger partial charge in [-0.1, -0.05) is 13.3 Å². The van der Waals surface area contributed by atoms with Gasteiger partial charge >= 0.3 is 0 Å². The fourth-order valence-corrected chi connectivity index (χ4v) is 2.36. The van der Waals surface area contributed by atoms with E-state index in [-0.39, 0.29) is 0 Å². The van der Waals surface area contributed by atoms with E-state index < -0.39 is 0 Å². The van der Waals surface area contributed by atoms with Gasteiger partial charge in [-0.15, -0.1) is 0 Å². The summed E-state index contributed by atoms with van der Waals surface area (Å²) in [5.74, 6) is 2.86. The van der Waals surface area contributed by atoms with E-state index in [1.54, 1.807) is 0 Å². The number of hydrogen-bond acceptors (Lipinski definition) is 6. The molecular formula is C14H26N6. The van der Waals surface area contributed by atoms with E-state index in [4.69, 9.17) is 0 Å². The van der Waals surface area contributed by atoms with Crippen LogP contribution in [0, 0.1) is 5.92 Å². The maximum atomic E-state index is 4.56. The van der Waals surface area contributed by atoms with Crippen molar-refractivity contribution in [3.63, 3.8) is 0 Å². The number of aromatic nitrogens is 3. The topological polar surface area (TPSA) is 66.0 Å². The Morgan fingerprint density at radius 3 is 2.30 bits per heavy atom. The second kappa shape index (κ2) is 6.72. The highest BCUT2D eigenvalue weighted by Crippen LogP contribution is 2.35. The van der Waals surface area contributed by atoms with E-state index in [1.165, 1.54) is 12.8 Å². The first-order valence-corrected chi connectivity index (χ1v) is 7.73. The van der Waals surface area contributed by atoms with Gasteiger partial charge < -0.3 is 15.5 Å². The molecule has 2 unspecified atom stereocenters. The van der Waals surface area contributed by atoms with Crippen molar-refractivity contribution >= 4 is 17.8 Å². The summed E-state index contributed by atoms with van der Waals surface area (Å²) in [5.41, 5.74) is 0. The van der Waals surface area contributed by atoms with Gasteiger partial charge in [0.15, 0.2) is 0 Å². The predicted molar refractivity (Wildman–Crippen MR) is 83.4 cm³/mol. The molecule has 6 nitrogen and oxygen atoms in total. The Bertz CT molecular complexity index is 432. The smallest absolute Gasteiger partial charge is 0.231 e. The first kappa shape index (κ1) is 14.8. The fraction of sp³-hybridized carbons (Fsp3) is 0.786. The molecule has 0 aromatic carbocycles. The summed E-state index contributed by atoms with van der Waals surface area (Å²) in [7, 11) is 0. The highest BCUT2D eigenvalue weighted by Gasteiger charge is 2.35. The van der Waals surface area contributed by atoms with E-state index in [9.17, 15) is 0 Å². The molecule has 1 saturated carbocycles. The Kier molecular flexibility index (Phi) is 4.98. The molecule has 2 atom stereocenters. The van der Waals surface area contributed by atoms with Gasteiger partial charge in [-0.25, -0.2) is 0 Å². The summed E-state index contributed by atoms with van der Waals surface area (Å²) >= 11 is 0. The van der Waals surface area contributed by atoms with Crippen LogP contribution in [-0.2, 0) is 0 Å². The van der Waals surface area contributed by atoms with E-state index in [0.29, 0.717) is 17.9 Å². The van der Waals surface area contributed by atoms with Crippen molar-refractivity contribution in [1.29, 1.82) is 0 Å². The van der Waals surface area contributed by atoms with E-state index in [2.05, 4.69) is 51.3 Å². The average molecular weight is 278 g/mol. The molecule has 1 fully saturated rings.